The molecule has 2 N–H and O–H groups in total. The van der Waals surface area contributed by atoms with Crippen molar-refractivity contribution in [2.24, 2.45) is 0 Å². The topological polar surface area (TPSA) is 61.4 Å². The van der Waals surface area contributed by atoms with E-state index >= 15 is 0 Å². The van der Waals surface area contributed by atoms with E-state index in [9.17, 15) is 22.8 Å². The summed E-state index contributed by atoms with van der Waals surface area (Å²) in [6.45, 7) is 2.70. The lowest BCUT2D eigenvalue weighted by Gasteiger charge is -2.18. The molecule has 0 spiro atoms. The largest absolute Gasteiger partial charge is 0.406 e. The number of nitrogens with zero attached hydrogens (tertiary/aromatic N) is 1. The maximum absolute atomic E-state index is 12.2. The van der Waals surface area contributed by atoms with E-state index in [2.05, 4.69) is 10.6 Å². The van der Waals surface area contributed by atoms with Gasteiger partial charge in [-0.1, -0.05) is 11.6 Å². The van der Waals surface area contributed by atoms with E-state index in [4.69, 9.17) is 0 Å². The fourth-order valence-corrected chi connectivity index (χ4v) is 1.82. The average molecular weight is 293 g/mol. The molecule has 1 fully saturated rings. The highest BCUT2D eigenvalue weighted by molar-refractivity contribution is 5.81. The second-order valence-electron chi connectivity index (χ2n) is 4.93. The quantitative estimate of drug-likeness (QED) is 0.770. The number of amides is 3. The third-order valence-electron chi connectivity index (χ3n) is 2.69. The van der Waals surface area contributed by atoms with Crippen LogP contribution >= 0.6 is 0 Å². The van der Waals surface area contributed by atoms with Crippen molar-refractivity contribution in [3.8, 4) is 0 Å². The minimum absolute atomic E-state index is 0.105. The number of likely N-dealkylation sites (tertiary alicyclic amines) is 1. The summed E-state index contributed by atoms with van der Waals surface area (Å²) in [4.78, 5) is 23.6. The summed E-state index contributed by atoms with van der Waals surface area (Å²) in [5, 5.41) is 5.03. The van der Waals surface area contributed by atoms with Gasteiger partial charge in [-0.05, 0) is 13.8 Å². The van der Waals surface area contributed by atoms with Gasteiger partial charge in [-0.3, -0.25) is 4.79 Å². The Hall–Kier alpha value is -1.73. The van der Waals surface area contributed by atoms with Crippen LogP contribution in [-0.4, -0.2) is 48.7 Å². The molecule has 0 saturated carbocycles. The average Bonchev–Trinajstić information content (AvgIpc) is 2.55. The van der Waals surface area contributed by atoms with E-state index < -0.39 is 30.7 Å². The van der Waals surface area contributed by atoms with E-state index in [1.54, 1.807) is 6.08 Å². The molecule has 0 aromatic heterocycles. The van der Waals surface area contributed by atoms with Gasteiger partial charge in [-0.2, -0.15) is 13.2 Å². The summed E-state index contributed by atoms with van der Waals surface area (Å²) >= 11 is 0. The first-order chi connectivity index (χ1) is 9.17. The molecule has 1 heterocycles. The van der Waals surface area contributed by atoms with Gasteiger partial charge in [-0.25, -0.2) is 4.79 Å². The van der Waals surface area contributed by atoms with Crippen molar-refractivity contribution >= 4 is 11.9 Å². The van der Waals surface area contributed by atoms with Crippen LogP contribution in [0.2, 0.25) is 0 Å². The molecule has 0 aliphatic carbocycles. The Bertz CT molecular complexity index is 403. The number of halogens is 3. The predicted octanol–water partition coefficient (Wildman–Crippen LogP) is 1.41. The molecule has 0 aromatic rings. The van der Waals surface area contributed by atoms with Gasteiger partial charge in [0.2, 0.25) is 5.91 Å². The van der Waals surface area contributed by atoms with Crippen LogP contribution in [0.1, 0.15) is 20.3 Å². The lowest BCUT2D eigenvalue weighted by Crippen LogP contribution is -2.44. The molecule has 3 amide bonds. The molecule has 1 atom stereocenters. The Balaban J connectivity index is 2.38. The monoisotopic (exact) mass is 293 g/mol. The fourth-order valence-electron chi connectivity index (χ4n) is 1.82. The number of carbonyl (C=O) groups is 2. The number of hydrogen-bond acceptors (Lipinski definition) is 2. The van der Waals surface area contributed by atoms with Gasteiger partial charge in [0.05, 0.1) is 6.04 Å². The number of rotatable bonds is 4. The van der Waals surface area contributed by atoms with Crippen molar-refractivity contribution in [2.75, 3.05) is 19.6 Å². The molecule has 1 rings (SSSR count). The number of nitrogens with one attached hydrogen (secondary N) is 2. The van der Waals surface area contributed by atoms with Crippen LogP contribution in [0.25, 0.3) is 0 Å². The molecule has 1 saturated heterocycles. The fraction of sp³-hybridized carbons (Fsp3) is 0.667. The predicted molar refractivity (Wildman–Crippen MR) is 67.0 cm³/mol. The van der Waals surface area contributed by atoms with Crippen molar-refractivity contribution in [1.82, 2.24) is 15.5 Å². The summed E-state index contributed by atoms with van der Waals surface area (Å²) in [5.74, 6) is -0.600. The maximum atomic E-state index is 12.2. The minimum Gasteiger partial charge on any atom is -0.335 e. The highest BCUT2D eigenvalue weighted by Gasteiger charge is 2.38. The van der Waals surface area contributed by atoms with Crippen LogP contribution in [-0.2, 0) is 4.79 Å². The van der Waals surface area contributed by atoms with Gasteiger partial charge >= 0.3 is 12.2 Å². The molecule has 0 radical (unpaired) electrons. The first-order valence-corrected chi connectivity index (χ1v) is 6.19. The summed E-state index contributed by atoms with van der Waals surface area (Å²) in [6, 6.07) is -1.08. The number of hydrogen-bond donors (Lipinski definition) is 2. The molecule has 0 aromatic carbocycles. The van der Waals surface area contributed by atoms with Crippen LogP contribution in [0.5, 0.6) is 0 Å². The van der Waals surface area contributed by atoms with Gasteiger partial charge in [0, 0.05) is 19.5 Å². The van der Waals surface area contributed by atoms with Crippen LogP contribution in [0.4, 0.5) is 18.0 Å². The van der Waals surface area contributed by atoms with E-state index in [1.165, 1.54) is 0 Å². The van der Waals surface area contributed by atoms with E-state index in [-0.39, 0.29) is 13.0 Å². The minimum atomic E-state index is -4.42. The van der Waals surface area contributed by atoms with Gasteiger partial charge in [0.15, 0.2) is 0 Å². The number of alkyl halides is 3. The van der Waals surface area contributed by atoms with Crippen LogP contribution in [0.15, 0.2) is 11.6 Å². The Kier molecular flexibility index (Phi) is 5.41. The van der Waals surface area contributed by atoms with Crippen molar-refractivity contribution in [1.29, 1.82) is 0 Å². The van der Waals surface area contributed by atoms with Gasteiger partial charge in [0.25, 0.3) is 0 Å². The van der Waals surface area contributed by atoms with Crippen LogP contribution in [0.3, 0.4) is 0 Å². The third-order valence-corrected chi connectivity index (χ3v) is 2.69. The lowest BCUT2D eigenvalue weighted by molar-refractivity contribution is -0.157. The molecule has 0 unspecified atom stereocenters. The maximum Gasteiger partial charge on any atom is 0.406 e. The molecular weight excluding hydrogens is 275 g/mol. The zero-order valence-corrected chi connectivity index (χ0v) is 11.4. The van der Waals surface area contributed by atoms with Crippen molar-refractivity contribution in [3.63, 3.8) is 0 Å². The molecule has 0 bridgehead atoms. The van der Waals surface area contributed by atoms with E-state index in [1.807, 2.05) is 13.8 Å². The summed E-state index contributed by atoms with van der Waals surface area (Å²) in [5.41, 5.74) is 1.04. The zero-order chi connectivity index (χ0) is 15.3. The Labute approximate surface area is 115 Å². The smallest absolute Gasteiger partial charge is 0.335 e. The van der Waals surface area contributed by atoms with E-state index in [0.29, 0.717) is 11.4 Å². The van der Waals surface area contributed by atoms with Crippen LogP contribution < -0.4 is 10.6 Å². The van der Waals surface area contributed by atoms with Crippen molar-refractivity contribution < 1.29 is 22.8 Å². The molecular formula is C12H18F3N3O2. The Morgan fingerprint density at radius 2 is 2.10 bits per heavy atom. The highest BCUT2D eigenvalue weighted by Crippen LogP contribution is 2.20. The number of carbonyl (C=O) groups excluding carboxylic acids is 2. The zero-order valence-electron chi connectivity index (χ0n) is 11.4. The second kappa shape index (κ2) is 6.62. The first-order valence-electron chi connectivity index (χ1n) is 6.19. The Morgan fingerprint density at radius 1 is 1.45 bits per heavy atom. The normalized spacial score (nSPS) is 18.9. The number of urea groups is 1. The molecule has 1 aliphatic heterocycles. The number of allylic oxidation sites excluding steroid dienone is 1. The summed E-state index contributed by atoms with van der Waals surface area (Å²) < 4.78 is 36.6. The van der Waals surface area contributed by atoms with Crippen molar-refractivity contribution in [3.05, 3.63) is 11.6 Å². The SMILES string of the molecule is CC(C)=CCNC(=O)N[C@@H]1CC(=O)N(CC(F)(F)F)C1. The van der Waals surface area contributed by atoms with Crippen LogP contribution in [0, 0.1) is 0 Å². The highest BCUT2D eigenvalue weighted by atomic mass is 19.4. The Morgan fingerprint density at radius 3 is 2.65 bits per heavy atom. The van der Waals surface area contributed by atoms with Gasteiger partial charge in [0.1, 0.15) is 6.54 Å². The molecule has 20 heavy (non-hydrogen) atoms. The molecule has 5 nitrogen and oxygen atoms in total. The molecule has 8 heteroatoms. The summed E-state index contributed by atoms with van der Waals surface area (Å²) in [6.07, 6.45) is -2.72. The molecule has 114 valence electrons. The third kappa shape index (κ3) is 5.94. The summed E-state index contributed by atoms with van der Waals surface area (Å²) in [7, 11) is 0. The first kappa shape index (κ1) is 16.3. The van der Waals surface area contributed by atoms with Gasteiger partial charge < -0.3 is 15.5 Å². The van der Waals surface area contributed by atoms with Crippen molar-refractivity contribution in [2.45, 2.75) is 32.5 Å². The van der Waals surface area contributed by atoms with E-state index in [0.717, 1.165) is 5.57 Å². The standard InChI is InChI=1S/C12H18F3N3O2/c1-8(2)3-4-16-11(20)17-9-5-10(19)18(6-9)7-12(13,14)15/h3,9H,4-7H2,1-2H3,(H2,16,17,20)/t9-/m1/s1. The lowest BCUT2D eigenvalue weighted by atomic mass is 10.2. The second-order valence-corrected chi connectivity index (χ2v) is 4.93. The van der Waals surface area contributed by atoms with Gasteiger partial charge in [-0.15, -0.1) is 0 Å². The molecule has 1 aliphatic rings.